The lowest BCUT2D eigenvalue weighted by Crippen LogP contribution is -2.10. The summed E-state index contributed by atoms with van der Waals surface area (Å²) < 4.78 is 5.73. The highest BCUT2D eigenvalue weighted by Crippen LogP contribution is 2.20. The molecule has 2 nitrogen and oxygen atoms in total. The summed E-state index contributed by atoms with van der Waals surface area (Å²) in [5.41, 5.74) is 0.905. The molecular formula is C14H22O2. The Labute approximate surface area is 98.3 Å². The van der Waals surface area contributed by atoms with Gasteiger partial charge in [0.2, 0.25) is 0 Å². The Bertz CT molecular complexity index is 303. The Morgan fingerprint density at radius 1 is 1.25 bits per heavy atom. The van der Waals surface area contributed by atoms with Gasteiger partial charge in [-0.2, -0.15) is 0 Å². The van der Waals surface area contributed by atoms with Crippen LogP contribution in [0.5, 0.6) is 5.75 Å². The summed E-state index contributed by atoms with van der Waals surface area (Å²) in [4.78, 5) is 0. The minimum absolute atomic E-state index is 0.434. The van der Waals surface area contributed by atoms with E-state index in [1.54, 1.807) is 6.92 Å². The molecule has 16 heavy (non-hydrogen) atoms. The molecule has 1 N–H and O–H groups in total. The van der Waals surface area contributed by atoms with Gasteiger partial charge >= 0.3 is 0 Å². The van der Waals surface area contributed by atoms with Crippen LogP contribution < -0.4 is 4.74 Å². The van der Waals surface area contributed by atoms with Crippen molar-refractivity contribution in [1.29, 1.82) is 0 Å². The first-order chi connectivity index (χ1) is 7.67. The Hall–Kier alpha value is -1.02. The van der Waals surface area contributed by atoms with Crippen molar-refractivity contribution in [2.75, 3.05) is 6.61 Å². The average Bonchev–Trinajstić information content (AvgIpc) is 2.31. The number of rotatable bonds is 6. The Balaban J connectivity index is 2.56. The third-order valence-corrected chi connectivity index (χ3v) is 2.98. The van der Waals surface area contributed by atoms with Crippen molar-refractivity contribution in [3.8, 4) is 5.75 Å². The third kappa shape index (κ3) is 3.86. The number of benzene rings is 1. The van der Waals surface area contributed by atoms with Gasteiger partial charge in [-0.05, 0) is 30.5 Å². The van der Waals surface area contributed by atoms with Crippen LogP contribution in [0, 0.1) is 5.92 Å². The lowest BCUT2D eigenvalue weighted by molar-refractivity contribution is 0.197. The molecule has 0 radical (unpaired) electrons. The molecule has 90 valence electrons. The van der Waals surface area contributed by atoms with Crippen LogP contribution in [0.25, 0.3) is 0 Å². The standard InChI is InChI=1S/C14H22O2/c1-4-12(5-2)10-16-14-8-6-7-13(9-14)11(3)15/h6-9,11-12,15H,4-5,10H2,1-3H3. The predicted molar refractivity (Wildman–Crippen MR) is 66.6 cm³/mol. The normalized spacial score (nSPS) is 12.8. The van der Waals surface area contributed by atoms with Crippen molar-refractivity contribution >= 4 is 0 Å². The fraction of sp³-hybridized carbons (Fsp3) is 0.571. The van der Waals surface area contributed by atoms with Gasteiger partial charge in [-0.1, -0.05) is 38.8 Å². The average molecular weight is 222 g/mol. The molecule has 0 saturated carbocycles. The van der Waals surface area contributed by atoms with Crippen LogP contribution in [0.2, 0.25) is 0 Å². The van der Waals surface area contributed by atoms with Gasteiger partial charge in [-0.25, -0.2) is 0 Å². The molecule has 0 spiro atoms. The van der Waals surface area contributed by atoms with E-state index in [0.29, 0.717) is 5.92 Å². The number of aliphatic hydroxyl groups excluding tert-OH is 1. The van der Waals surface area contributed by atoms with Crippen LogP contribution in [-0.2, 0) is 0 Å². The number of ether oxygens (including phenoxy) is 1. The molecule has 0 aliphatic carbocycles. The number of aliphatic hydroxyl groups is 1. The highest BCUT2D eigenvalue weighted by Gasteiger charge is 2.06. The summed E-state index contributed by atoms with van der Waals surface area (Å²) in [6, 6.07) is 7.68. The van der Waals surface area contributed by atoms with Crippen LogP contribution in [0.3, 0.4) is 0 Å². The van der Waals surface area contributed by atoms with E-state index in [2.05, 4.69) is 13.8 Å². The van der Waals surface area contributed by atoms with E-state index in [0.717, 1.165) is 30.8 Å². The highest BCUT2D eigenvalue weighted by molar-refractivity contribution is 5.29. The molecule has 0 saturated heterocycles. The van der Waals surface area contributed by atoms with Crippen molar-refractivity contribution in [2.24, 2.45) is 5.92 Å². The van der Waals surface area contributed by atoms with Crippen LogP contribution in [0.15, 0.2) is 24.3 Å². The molecular weight excluding hydrogens is 200 g/mol. The molecule has 1 aromatic rings. The van der Waals surface area contributed by atoms with Gasteiger partial charge in [0, 0.05) is 0 Å². The van der Waals surface area contributed by atoms with Crippen LogP contribution >= 0.6 is 0 Å². The van der Waals surface area contributed by atoms with Gasteiger partial charge in [-0.15, -0.1) is 0 Å². The van der Waals surface area contributed by atoms with Gasteiger partial charge in [0.1, 0.15) is 5.75 Å². The van der Waals surface area contributed by atoms with Crippen LogP contribution in [0.4, 0.5) is 0 Å². The minimum Gasteiger partial charge on any atom is -0.493 e. The van der Waals surface area contributed by atoms with E-state index >= 15 is 0 Å². The van der Waals surface area contributed by atoms with E-state index in [-0.39, 0.29) is 0 Å². The zero-order valence-electron chi connectivity index (χ0n) is 10.4. The third-order valence-electron chi connectivity index (χ3n) is 2.98. The summed E-state index contributed by atoms with van der Waals surface area (Å²) in [5, 5.41) is 9.46. The van der Waals surface area contributed by atoms with E-state index < -0.39 is 6.10 Å². The molecule has 2 heteroatoms. The summed E-state index contributed by atoms with van der Waals surface area (Å²) in [6.45, 7) is 6.89. The Morgan fingerprint density at radius 3 is 2.50 bits per heavy atom. The summed E-state index contributed by atoms with van der Waals surface area (Å²) in [5.74, 6) is 1.47. The summed E-state index contributed by atoms with van der Waals surface area (Å²) >= 11 is 0. The van der Waals surface area contributed by atoms with Crippen molar-refractivity contribution in [2.45, 2.75) is 39.7 Å². The van der Waals surface area contributed by atoms with E-state index in [9.17, 15) is 5.11 Å². The van der Waals surface area contributed by atoms with Gasteiger partial charge in [0.05, 0.1) is 12.7 Å². The molecule has 0 aliphatic rings. The first-order valence-electron chi connectivity index (χ1n) is 6.08. The van der Waals surface area contributed by atoms with E-state index in [1.807, 2.05) is 24.3 Å². The largest absolute Gasteiger partial charge is 0.493 e. The van der Waals surface area contributed by atoms with E-state index in [1.165, 1.54) is 0 Å². The first kappa shape index (κ1) is 13.0. The van der Waals surface area contributed by atoms with Crippen molar-refractivity contribution < 1.29 is 9.84 Å². The quantitative estimate of drug-likeness (QED) is 0.797. The topological polar surface area (TPSA) is 29.5 Å². The number of hydrogen-bond donors (Lipinski definition) is 1. The highest BCUT2D eigenvalue weighted by atomic mass is 16.5. The van der Waals surface area contributed by atoms with Gasteiger partial charge in [-0.3, -0.25) is 0 Å². The maximum absolute atomic E-state index is 9.46. The molecule has 1 aromatic carbocycles. The van der Waals surface area contributed by atoms with Crippen LogP contribution in [-0.4, -0.2) is 11.7 Å². The molecule has 0 heterocycles. The van der Waals surface area contributed by atoms with Crippen molar-refractivity contribution in [1.82, 2.24) is 0 Å². The molecule has 1 rings (SSSR count). The second-order valence-corrected chi connectivity index (χ2v) is 4.24. The Morgan fingerprint density at radius 2 is 1.94 bits per heavy atom. The summed E-state index contributed by atoms with van der Waals surface area (Å²) in [6.07, 6.45) is 1.86. The molecule has 0 aromatic heterocycles. The Kier molecular flexibility index (Phi) is 5.33. The summed E-state index contributed by atoms with van der Waals surface area (Å²) in [7, 11) is 0. The lowest BCUT2D eigenvalue weighted by atomic mass is 10.1. The zero-order valence-corrected chi connectivity index (χ0v) is 10.4. The smallest absolute Gasteiger partial charge is 0.119 e. The van der Waals surface area contributed by atoms with Crippen molar-refractivity contribution in [3.63, 3.8) is 0 Å². The molecule has 0 fully saturated rings. The maximum Gasteiger partial charge on any atom is 0.119 e. The van der Waals surface area contributed by atoms with Gasteiger partial charge < -0.3 is 9.84 Å². The van der Waals surface area contributed by atoms with E-state index in [4.69, 9.17) is 4.74 Å². The minimum atomic E-state index is -0.434. The molecule has 1 atom stereocenters. The van der Waals surface area contributed by atoms with Crippen LogP contribution in [0.1, 0.15) is 45.3 Å². The lowest BCUT2D eigenvalue weighted by Gasteiger charge is -2.14. The fourth-order valence-corrected chi connectivity index (χ4v) is 1.60. The predicted octanol–water partition coefficient (Wildman–Crippen LogP) is 3.55. The second-order valence-electron chi connectivity index (χ2n) is 4.24. The first-order valence-corrected chi connectivity index (χ1v) is 6.08. The van der Waals surface area contributed by atoms with Gasteiger partial charge in [0.15, 0.2) is 0 Å². The molecule has 0 aliphatic heterocycles. The second kappa shape index (κ2) is 6.54. The number of hydrogen-bond acceptors (Lipinski definition) is 2. The van der Waals surface area contributed by atoms with Gasteiger partial charge in [0.25, 0.3) is 0 Å². The van der Waals surface area contributed by atoms with Crippen molar-refractivity contribution in [3.05, 3.63) is 29.8 Å². The SMILES string of the molecule is CCC(CC)COc1cccc(C(C)O)c1. The molecule has 1 unspecified atom stereocenters. The monoisotopic (exact) mass is 222 g/mol. The zero-order chi connectivity index (χ0) is 12.0. The molecule has 0 amide bonds. The molecule has 0 bridgehead atoms. The maximum atomic E-state index is 9.46. The fourth-order valence-electron chi connectivity index (χ4n) is 1.60.